The van der Waals surface area contributed by atoms with Gasteiger partial charge in [0.1, 0.15) is 0 Å². The zero-order valence-corrected chi connectivity index (χ0v) is 6.85. The third-order valence-corrected chi connectivity index (χ3v) is 0. The second-order valence-corrected chi connectivity index (χ2v) is 0. The minimum absolute atomic E-state index is 0. The van der Waals surface area contributed by atoms with Gasteiger partial charge in [0.2, 0.25) is 0 Å². The van der Waals surface area contributed by atoms with Gasteiger partial charge in [0.05, 0.1) is 0 Å². The van der Waals surface area contributed by atoms with Crippen LogP contribution < -0.4 is 0 Å². The van der Waals surface area contributed by atoms with Gasteiger partial charge in [-0.05, 0) is 0 Å². The van der Waals surface area contributed by atoms with Crippen molar-refractivity contribution in [3.63, 3.8) is 0 Å². The first-order chi connectivity index (χ1) is 1.00. The number of rotatable bonds is 0. The third kappa shape index (κ3) is 8.85. The molecule has 24 valence electrons. The van der Waals surface area contributed by atoms with Crippen LogP contribution in [-0.2, 0) is 32.7 Å². The van der Waals surface area contributed by atoms with Crippen LogP contribution in [0.4, 0.5) is 3.38 Å². The average molecular weight is 284 g/mol. The molecule has 4 heteroatoms. The van der Waals surface area contributed by atoms with E-state index in [0.717, 1.165) is 0 Å². The van der Waals surface area contributed by atoms with Gasteiger partial charge in [0.15, 0.2) is 0 Å². The van der Waals surface area contributed by atoms with Crippen molar-refractivity contribution in [2.75, 3.05) is 0 Å². The molecule has 0 aliphatic heterocycles. The predicted molar refractivity (Wildman–Crippen MR) is 6.86 cm³/mol. The van der Waals surface area contributed by atoms with Crippen LogP contribution in [0.15, 0.2) is 0 Å². The number of hydrogen-bond acceptors (Lipinski definition) is 0. The molecule has 0 saturated carbocycles. The van der Waals surface area contributed by atoms with Gasteiger partial charge >= 0.3 is 21.6 Å². The van der Waals surface area contributed by atoms with E-state index in [9.17, 15) is 3.38 Å². The Morgan fingerprint density at radius 1 is 1.25 bits per heavy atom. The van der Waals surface area contributed by atoms with E-state index in [4.69, 9.17) is 0 Å². The van der Waals surface area contributed by atoms with E-state index < -0.39 is 0 Å². The van der Waals surface area contributed by atoms with E-state index in [1.807, 2.05) is 0 Å². The molecule has 0 nitrogen and oxygen atoms in total. The summed E-state index contributed by atoms with van der Waals surface area (Å²) in [4.78, 5) is 0. The number of hydrogen-bond donors (Lipinski definition) is 0. The van der Waals surface area contributed by atoms with Gasteiger partial charge in [-0.15, -0.1) is 0 Å². The first-order valence-electron chi connectivity index (χ1n) is 0.378. The molecule has 0 aliphatic rings. The molecule has 0 atom stereocenters. The summed E-state index contributed by atoms with van der Waals surface area (Å²) in [7, 11) is 0. The zero-order valence-electron chi connectivity index (χ0n) is 2.23. The molecule has 0 fully saturated rings. The van der Waals surface area contributed by atoms with E-state index in [0.29, 0.717) is 18.2 Å². The summed E-state index contributed by atoms with van der Waals surface area (Å²) in [5.41, 5.74) is 0. The first kappa shape index (κ1) is 15.8. The fourth-order valence-corrected chi connectivity index (χ4v) is 0. The zero-order chi connectivity index (χ0) is 2.00. The second-order valence-electron chi connectivity index (χ2n) is 0. The van der Waals surface area contributed by atoms with Crippen LogP contribution in [0.25, 0.3) is 0 Å². The molecule has 0 spiro atoms. The summed E-state index contributed by atoms with van der Waals surface area (Å²) in [5, 5.41) is 0. The Hall–Kier alpha value is 2.87. The van der Waals surface area contributed by atoms with Gasteiger partial charge in [-0.25, -0.2) is 0 Å². The summed E-state index contributed by atoms with van der Waals surface area (Å²) in [5.74, 6) is 0. The Kier molecular flexibility index (Phi) is 66.8. The van der Waals surface area contributed by atoms with E-state index in [2.05, 4.69) is 0 Å². The maximum absolute atomic E-state index is 9.50. The average Bonchev–Trinajstić information content (AvgIpc) is 1.00. The van der Waals surface area contributed by atoms with Gasteiger partial charge in [-0.3, -0.25) is 0 Å². The first-order valence-corrected chi connectivity index (χ1v) is 0.378. The van der Waals surface area contributed by atoms with E-state index in [1.165, 1.54) is 0 Å². The Morgan fingerprint density at radius 3 is 1.25 bits per heavy atom. The van der Waals surface area contributed by atoms with Crippen molar-refractivity contribution in [3.8, 4) is 0 Å². The Morgan fingerprint density at radius 2 is 1.25 bits per heavy atom. The molecule has 0 amide bonds. The molecule has 2 radical (unpaired) electrons. The second kappa shape index (κ2) is 16.9. The van der Waals surface area contributed by atoms with E-state index >= 15 is 0 Å². The molecule has 0 bridgehead atoms. The van der Waals surface area contributed by atoms with Crippen molar-refractivity contribution in [1.82, 2.24) is 0 Å². The normalized spacial score (nSPS) is 1.75. The molecular formula is FLiTmY. The summed E-state index contributed by atoms with van der Waals surface area (Å²) in [6.45, 7) is 0. The van der Waals surface area contributed by atoms with Crippen molar-refractivity contribution in [2.24, 2.45) is 0 Å². The fourth-order valence-electron chi connectivity index (χ4n) is 0. The largest absolute Gasteiger partial charge is 0 e. The van der Waals surface area contributed by atoms with Crippen molar-refractivity contribution >= 4 is 18.2 Å². The van der Waals surface area contributed by atoms with Crippen LogP contribution >= 0.6 is 0 Å². The maximum Gasteiger partial charge on any atom is 0 e. The quantitative estimate of drug-likeness (QED) is 0.551. The smallest absolute Gasteiger partial charge is 0 e. The standard InChI is InChI=1S/FH.Li.Tm.Y/h1H;;;/q;+1;;/p-1. The van der Waals surface area contributed by atoms with Crippen LogP contribution in [0.5, 0.6) is 0 Å². The van der Waals surface area contributed by atoms with Crippen LogP contribution in [0, 0.1) is 36.9 Å². The fraction of sp³-hybridized carbons (Fsp3) is 0. The molecule has 0 aromatic carbocycles. The molecule has 0 heterocycles. The Labute approximate surface area is 89.1 Å². The topological polar surface area (TPSA) is 0 Å². The van der Waals surface area contributed by atoms with Crippen molar-refractivity contribution < 1.29 is 73.0 Å². The SMILES string of the molecule is [Li][F].[Tm].[Y]. The van der Waals surface area contributed by atoms with Crippen molar-refractivity contribution in [2.45, 2.75) is 0 Å². The molecule has 0 aliphatic carbocycles. The molecule has 0 aromatic rings. The summed E-state index contributed by atoms with van der Waals surface area (Å²) < 4.78 is 9.50. The van der Waals surface area contributed by atoms with Crippen molar-refractivity contribution in [1.29, 1.82) is 0 Å². The molecule has 0 rings (SSSR count). The van der Waals surface area contributed by atoms with Crippen molar-refractivity contribution in [3.05, 3.63) is 0 Å². The van der Waals surface area contributed by atoms with Gasteiger partial charge < -0.3 is 0 Å². The van der Waals surface area contributed by atoms with Crippen LogP contribution in [0.1, 0.15) is 0 Å². The molecule has 0 saturated heterocycles. The minimum Gasteiger partial charge on any atom is 0 e. The third-order valence-electron chi connectivity index (χ3n) is 0. The van der Waals surface area contributed by atoms with Gasteiger partial charge in [-0.2, -0.15) is 0 Å². The van der Waals surface area contributed by atoms with Gasteiger partial charge in [0.25, 0.3) is 0 Å². The van der Waals surface area contributed by atoms with Crippen LogP contribution in [0.2, 0.25) is 0 Å². The molecule has 0 unspecified atom stereocenters. The van der Waals surface area contributed by atoms with E-state index in [-0.39, 0.29) is 69.6 Å². The molecule has 0 aromatic heterocycles. The van der Waals surface area contributed by atoms with Gasteiger partial charge in [0, 0.05) is 69.6 Å². The Bertz CT molecular complexity index is 8.00. The summed E-state index contributed by atoms with van der Waals surface area (Å²) in [6, 6.07) is 0. The summed E-state index contributed by atoms with van der Waals surface area (Å²) in [6.07, 6.45) is 0. The molecule has 0 N–H and O–H groups in total. The monoisotopic (exact) mass is 284 g/mol. The minimum atomic E-state index is 0. The number of halogens is 1. The summed E-state index contributed by atoms with van der Waals surface area (Å²) >= 11 is 0.500. The Balaban J connectivity index is -0.00000000500. The molecular weight excluding hydrogens is 284 g/mol. The van der Waals surface area contributed by atoms with Crippen LogP contribution in [-0.4, -0.2) is 18.2 Å². The van der Waals surface area contributed by atoms with E-state index in [1.54, 1.807) is 0 Å². The molecule has 4 heavy (non-hydrogen) atoms. The predicted octanol–water partition coefficient (Wildman–Crippen LogP) is 0.0369. The maximum atomic E-state index is 9.50. The van der Waals surface area contributed by atoms with Crippen LogP contribution in [0.3, 0.4) is 0 Å². The van der Waals surface area contributed by atoms with Gasteiger partial charge in [-0.1, -0.05) is 0 Å².